The molecule has 1 aliphatic rings. The molecule has 0 aromatic heterocycles. The van der Waals surface area contributed by atoms with Gasteiger partial charge in [-0.3, -0.25) is 9.69 Å². The molecule has 2 aromatic carbocycles. The number of methoxy groups -OCH3 is 1. The largest absolute Gasteiger partial charge is 0.497 e. The van der Waals surface area contributed by atoms with E-state index in [9.17, 15) is 14.7 Å². The molecule has 3 rings (SSSR count). The Morgan fingerprint density at radius 3 is 2.32 bits per heavy atom. The zero-order chi connectivity index (χ0) is 18.0. The normalized spacial score (nSPS) is 20.6. The number of ether oxygens (including phenoxy) is 2. The van der Waals surface area contributed by atoms with Crippen LogP contribution in [-0.2, 0) is 9.53 Å². The van der Waals surface area contributed by atoms with Gasteiger partial charge in [-0.25, -0.2) is 4.79 Å². The standard InChI is InChI=1S/C19H19NO5/c1-12(21)16-17(22)20(14-8-10-15(24-2)11-9-14)18(16)25-19(23)13-6-4-3-5-7-13/h3-12,16,18,21H,1-2H3/t12?,16-,18+/m0/s1. The van der Waals surface area contributed by atoms with Crippen molar-refractivity contribution in [3.05, 3.63) is 60.2 Å². The minimum absolute atomic E-state index is 0.286. The molecule has 1 aliphatic heterocycles. The predicted octanol–water partition coefficient (Wildman–Crippen LogP) is 2.22. The highest BCUT2D eigenvalue weighted by molar-refractivity contribution is 6.03. The second-order valence-electron chi connectivity index (χ2n) is 5.83. The van der Waals surface area contributed by atoms with E-state index in [1.807, 2.05) is 0 Å². The molecule has 25 heavy (non-hydrogen) atoms. The molecule has 0 spiro atoms. The highest BCUT2D eigenvalue weighted by atomic mass is 16.6. The van der Waals surface area contributed by atoms with Gasteiger partial charge in [-0.2, -0.15) is 0 Å². The summed E-state index contributed by atoms with van der Waals surface area (Å²) < 4.78 is 10.6. The summed E-state index contributed by atoms with van der Waals surface area (Å²) in [6, 6.07) is 15.4. The van der Waals surface area contributed by atoms with Crippen molar-refractivity contribution < 1.29 is 24.2 Å². The van der Waals surface area contributed by atoms with Crippen molar-refractivity contribution in [3.63, 3.8) is 0 Å². The Balaban J connectivity index is 1.83. The zero-order valence-corrected chi connectivity index (χ0v) is 14.0. The van der Waals surface area contributed by atoms with Crippen molar-refractivity contribution in [1.29, 1.82) is 0 Å². The lowest BCUT2D eigenvalue weighted by Gasteiger charge is -2.46. The summed E-state index contributed by atoms with van der Waals surface area (Å²) in [5.41, 5.74) is 0.967. The molecule has 6 nitrogen and oxygen atoms in total. The van der Waals surface area contributed by atoms with Gasteiger partial charge in [-0.1, -0.05) is 18.2 Å². The van der Waals surface area contributed by atoms with Gasteiger partial charge in [0, 0.05) is 5.69 Å². The number of aliphatic hydroxyl groups is 1. The van der Waals surface area contributed by atoms with Crippen LogP contribution in [0.1, 0.15) is 17.3 Å². The molecule has 0 bridgehead atoms. The molecular weight excluding hydrogens is 322 g/mol. The number of esters is 1. The molecule has 1 amide bonds. The third-order valence-corrected chi connectivity index (χ3v) is 4.19. The molecule has 1 fully saturated rings. The quantitative estimate of drug-likeness (QED) is 0.667. The van der Waals surface area contributed by atoms with Crippen LogP contribution >= 0.6 is 0 Å². The lowest BCUT2D eigenvalue weighted by atomic mass is 9.89. The van der Waals surface area contributed by atoms with E-state index in [1.54, 1.807) is 61.7 Å². The van der Waals surface area contributed by atoms with Crippen LogP contribution in [-0.4, -0.2) is 36.4 Å². The lowest BCUT2D eigenvalue weighted by Crippen LogP contribution is -2.66. The predicted molar refractivity (Wildman–Crippen MR) is 91.3 cm³/mol. The molecule has 3 atom stereocenters. The fraction of sp³-hybridized carbons (Fsp3) is 0.263. The zero-order valence-electron chi connectivity index (χ0n) is 14.0. The van der Waals surface area contributed by atoms with Crippen LogP contribution in [0.2, 0.25) is 0 Å². The van der Waals surface area contributed by atoms with E-state index in [1.165, 1.54) is 11.8 Å². The topological polar surface area (TPSA) is 76.1 Å². The molecule has 2 aromatic rings. The fourth-order valence-corrected chi connectivity index (χ4v) is 2.83. The summed E-state index contributed by atoms with van der Waals surface area (Å²) in [6.07, 6.45) is -1.77. The number of nitrogens with zero attached hydrogens (tertiary/aromatic N) is 1. The van der Waals surface area contributed by atoms with E-state index < -0.39 is 24.2 Å². The molecule has 0 radical (unpaired) electrons. The number of rotatable bonds is 5. The lowest BCUT2D eigenvalue weighted by molar-refractivity contribution is -0.146. The Morgan fingerprint density at radius 2 is 1.76 bits per heavy atom. The van der Waals surface area contributed by atoms with Crippen LogP contribution in [0.15, 0.2) is 54.6 Å². The van der Waals surface area contributed by atoms with Crippen molar-refractivity contribution in [2.45, 2.75) is 19.3 Å². The third-order valence-electron chi connectivity index (χ3n) is 4.19. The van der Waals surface area contributed by atoms with E-state index in [-0.39, 0.29) is 5.91 Å². The number of amides is 1. The van der Waals surface area contributed by atoms with Crippen LogP contribution in [0.3, 0.4) is 0 Å². The maximum Gasteiger partial charge on any atom is 0.340 e. The van der Waals surface area contributed by atoms with Gasteiger partial charge in [0.25, 0.3) is 0 Å². The fourth-order valence-electron chi connectivity index (χ4n) is 2.83. The number of hydrogen-bond donors (Lipinski definition) is 1. The maximum atomic E-state index is 12.4. The Morgan fingerprint density at radius 1 is 1.12 bits per heavy atom. The summed E-state index contributed by atoms with van der Waals surface area (Å²) in [5, 5.41) is 9.88. The SMILES string of the molecule is COc1ccc(N2C(=O)[C@H](C(C)O)[C@H]2OC(=O)c2ccccc2)cc1. The third kappa shape index (κ3) is 3.21. The molecule has 1 heterocycles. The molecule has 1 N–H and O–H groups in total. The van der Waals surface area contributed by atoms with Gasteiger partial charge in [0.1, 0.15) is 11.7 Å². The second-order valence-corrected chi connectivity index (χ2v) is 5.83. The summed E-state index contributed by atoms with van der Waals surface area (Å²) in [5.74, 6) is -0.954. The van der Waals surface area contributed by atoms with Crippen molar-refractivity contribution >= 4 is 17.6 Å². The second kappa shape index (κ2) is 6.94. The molecule has 0 saturated carbocycles. The number of carbonyl (C=O) groups excluding carboxylic acids is 2. The first-order chi connectivity index (χ1) is 12.0. The average Bonchev–Trinajstić information content (AvgIpc) is 2.62. The van der Waals surface area contributed by atoms with Crippen molar-refractivity contribution in [3.8, 4) is 5.75 Å². The number of anilines is 1. The smallest absolute Gasteiger partial charge is 0.340 e. The van der Waals surface area contributed by atoms with Gasteiger partial charge in [0.15, 0.2) is 6.23 Å². The molecule has 1 saturated heterocycles. The van der Waals surface area contributed by atoms with E-state index in [4.69, 9.17) is 9.47 Å². The number of β-lactam (4-membered cyclic amide) rings is 1. The molecular formula is C19H19NO5. The van der Waals surface area contributed by atoms with Crippen LogP contribution in [0.4, 0.5) is 5.69 Å². The van der Waals surface area contributed by atoms with Crippen molar-refractivity contribution in [2.75, 3.05) is 12.0 Å². The number of carbonyl (C=O) groups is 2. The van der Waals surface area contributed by atoms with Crippen molar-refractivity contribution in [2.24, 2.45) is 5.92 Å². The monoisotopic (exact) mass is 341 g/mol. The van der Waals surface area contributed by atoms with Gasteiger partial charge in [0.2, 0.25) is 5.91 Å². The summed E-state index contributed by atoms with van der Waals surface area (Å²) >= 11 is 0. The number of hydrogen-bond acceptors (Lipinski definition) is 5. The average molecular weight is 341 g/mol. The first-order valence-corrected chi connectivity index (χ1v) is 7.94. The van der Waals surface area contributed by atoms with E-state index in [2.05, 4.69) is 0 Å². The van der Waals surface area contributed by atoms with E-state index in [0.717, 1.165) is 0 Å². The van der Waals surface area contributed by atoms with Gasteiger partial charge in [-0.05, 0) is 43.3 Å². The highest BCUT2D eigenvalue weighted by Gasteiger charge is 2.53. The molecule has 1 unspecified atom stereocenters. The number of benzene rings is 2. The van der Waals surface area contributed by atoms with Gasteiger partial charge >= 0.3 is 5.97 Å². The Kier molecular flexibility index (Phi) is 4.72. The summed E-state index contributed by atoms with van der Waals surface area (Å²) in [4.78, 5) is 26.1. The minimum Gasteiger partial charge on any atom is -0.497 e. The first kappa shape index (κ1) is 17.0. The maximum absolute atomic E-state index is 12.4. The van der Waals surface area contributed by atoms with Gasteiger partial charge in [-0.15, -0.1) is 0 Å². The Labute approximate surface area is 145 Å². The Hall–Kier alpha value is -2.86. The minimum atomic E-state index is -0.921. The number of aliphatic hydroxyl groups excluding tert-OH is 1. The summed E-state index contributed by atoms with van der Waals surface area (Å²) in [6.45, 7) is 1.51. The van der Waals surface area contributed by atoms with Crippen LogP contribution < -0.4 is 9.64 Å². The highest BCUT2D eigenvalue weighted by Crippen LogP contribution is 2.36. The molecule has 6 heteroatoms. The first-order valence-electron chi connectivity index (χ1n) is 7.94. The van der Waals surface area contributed by atoms with Gasteiger partial charge < -0.3 is 14.6 Å². The van der Waals surface area contributed by atoms with Crippen LogP contribution in [0, 0.1) is 5.92 Å². The van der Waals surface area contributed by atoms with E-state index >= 15 is 0 Å². The van der Waals surface area contributed by atoms with Crippen molar-refractivity contribution in [1.82, 2.24) is 0 Å². The van der Waals surface area contributed by atoms with Crippen LogP contribution in [0.25, 0.3) is 0 Å². The van der Waals surface area contributed by atoms with Crippen LogP contribution in [0.5, 0.6) is 5.75 Å². The molecule has 0 aliphatic carbocycles. The van der Waals surface area contributed by atoms with E-state index in [0.29, 0.717) is 17.0 Å². The molecule has 130 valence electrons. The Bertz CT molecular complexity index is 757. The van der Waals surface area contributed by atoms with Gasteiger partial charge in [0.05, 0.1) is 18.8 Å². The summed E-state index contributed by atoms with van der Waals surface area (Å²) in [7, 11) is 1.55.